The van der Waals surface area contributed by atoms with E-state index >= 15 is 0 Å². The van der Waals surface area contributed by atoms with Crippen LogP contribution in [0.3, 0.4) is 0 Å². The maximum absolute atomic E-state index is 14.3. The molecule has 2 heterocycles. The lowest BCUT2D eigenvalue weighted by molar-refractivity contribution is -0.137. The van der Waals surface area contributed by atoms with Crippen LogP contribution in [-0.4, -0.2) is 41.4 Å². The molecular weight excluding hydrogens is 467 g/mol. The molecule has 202 valence electrons. The number of imide groups is 1. The van der Waals surface area contributed by atoms with Crippen molar-refractivity contribution in [1.29, 1.82) is 0 Å². The maximum atomic E-state index is 14.3. The molecule has 4 saturated carbocycles. The van der Waals surface area contributed by atoms with E-state index in [1.165, 1.54) is 70.8 Å². The van der Waals surface area contributed by atoms with E-state index in [2.05, 4.69) is 20.9 Å². The minimum atomic E-state index is -0.321. The zero-order valence-corrected chi connectivity index (χ0v) is 22.1. The van der Waals surface area contributed by atoms with Crippen LogP contribution in [0.4, 0.5) is 10.1 Å². The molecule has 2 amide bonds. The van der Waals surface area contributed by atoms with Crippen LogP contribution < -0.4 is 16.0 Å². The number of nitrogens with one attached hydrogen (secondary N) is 3. The van der Waals surface area contributed by atoms with Gasteiger partial charge in [-0.15, -0.1) is 0 Å². The van der Waals surface area contributed by atoms with Crippen LogP contribution in [0, 0.1) is 23.6 Å². The minimum Gasteiger partial charge on any atom is -0.385 e. The summed E-state index contributed by atoms with van der Waals surface area (Å²) in [5.41, 5.74) is 3.36. The van der Waals surface area contributed by atoms with E-state index in [0.29, 0.717) is 31.5 Å². The zero-order chi connectivity index (χ0) is 25.4. The van der Waals surface area contributed by atoms with Gasteiger partial charge in [0.1, 0.15) is 5.82 Å². The fraction of sp³-hybridized carbons (Fsp3) is 0.733. The Kier molecular flexibility index (Phi) is 7.28. The monoisotopic (exact) mass is 510 g/mol. The van der Waals surface area contributed by atoms with Gasteiger partial charge in [0.2, 0.25) is 11.8 Å². The predicted molar refractivity (Wildman–Crippen MR) is 142 cm³/mol. The maximum Gasteiger partial charge on any atom is 0.243 e. The van der Waals surface area contributed by atoms with Crippen LogP contribution in [0.2, 0.25) is 0 Å². The highest BCUT2D eigenvalue weighted by atomic mass is 19.1. The number of benzene rings is 1. The molecule has 0 spiro atoms. The van der Waals surface area contributed by atoms with E-state index in [0.717, 1.165) is 47.5 Å². The van der Waals surface area contributed by atoms with E-state index in [1.54, 1.807) is 12.1 Å². The second-order valence-electron chi connectivity index (χ2n) is 12.8. The number of amides is 2. The molecule has 1 aromatic carbocycles. The van der Waals surface area contributed by atoms with Crippen molar-refractivity contribution in [1.82, 2.24) is 15.5 Å². The molecule has 5 fully saturated rings. The lowest BCUT2D eigenvalue weighted by Crippen LogP contribution is -2.58. The molecule has 37 heavy (non-hydrogen) atoms. The number of hydrogen-bond acceptors (Lipinski definition) is 5. The van der Waals surface area contributed by atoms with Gasteiger partial charge in [0, 0.05) is 37.3 Å². The van der Waals surface area contributed by atoms with Gasteiger partial charge in [-0.3, -0.25) is 19.8 Å². The van der Waals surface area contributed by atoms with Gasteiger partial charge >= 0.3 is 0 Å². The first-order valence-electron chi connectivity index (χ1n) is 14.8. The van der Waals surface area contributed by atoms with Gasteiger partial charge in [-0.25, -0.2) is 4.39 Å². The first-order valence-corrected chi connectivity index (χ1v) is 14.8. The molecule has 2 aliphatic heterocycles. The molecule has 6 nitrogen and oxygen atoms in total. The predicted octanol–water partition coefficient (Wildman–Crippen LogP) is 4.87. The van der Waals surface area contributed by atoms with Crippen LogP contribution in [-0.2, 0) is 22.7 Å². The molecule has 4 bridgehead atoms. The Labute approximate surface area is 220 Å². The number of rotatable bonds is 11. The third-order valence-corrected chi connectivity index (χ3v) is 9.90. The molecule has 4 aliphatic carbocycles. The number of fused-ring (bicyclic) bond motifs is 1. The number of anilines is 1. The van der Waals surface area contributed by atoms with Gasteiger partial charge in [-0.1, -0.05) is 19.3 Å². The Balaban J connectivity index is 0.894. The Morgan fingerprint density at radius 1 is 0.919 bits per heavy atom. The van der Waals surface area contributed by atoms with Gasteiger partial charge in [0.15, 0.2) is 0 Å². The molecule has 7 heteroatoms. The highest BCUT2D eigenvalue weighted by Gasteiger charge is 2.50. The smallest absolute Gasteiger partial charge is 0.243 e. The van der Waals surface area contributed by atoms with Gasteiger partial charge < -0.3 is 10.6 Å². The fourth-order valence-corrected chi connectivity index (χ4v) is 8.59. The minimum absolute atomic E-state index is 0.203. The molecule has 0 radical (unpaired) electrons. The number of nitrogens with zero attached hydrogens (tertiary/aromatic N) is 1. The van der Waals surface area contributed by atoms with Crippen molar-refractivity contribution < 1.29 is 14.0 Å². The largest absolute Gasteiger partial charge is 0.385 e. The first-order chi connectivity index (χ1) is 18.0. The van der Waals surface area contributed by atoms with Crippen LogP contribution in [0.25, 0.3) is 0 Å². The summed E-state index contributed by atoms with van der Waals surface area (Å²) in [7, 11) is 0. The average Bonchev–Trinajstić information content (AvgIpc) is 3.25. The number of carbonyl (C=O) groups is 2. The average molecular weight is 511 g/mol. The second kappa shape index (κ2) is 10.6. The fourth-order valence-electron chi connectivity index (χ4n) is 8.59. The van der Waals surface area contributed by atoms with Gasteiger partial charge in [0.05, 0.1) is 6.04 Å². The van der Waals surface area contributed by atoms with Gasteiger partial charge in [-0.05, 0) is 105 Å². The highest BCUT2D eigenvalue weighted by Crippen LogP contribution is 2.55. The lowest BCUT2D eigenvalue weighted by Gasteiger charge is -2.57. The van der Waals surface area contributed by atoms with Crippen molar-refractivity contribution in [2.75, 3.05) is 18.4 Å². The van der Waals surface area contributed by atoms with Crippen LogP contribution in [0.1, 0.15) is 94.6 Å². The molecule has 1 unspecified atom stereocenters. The Morgan fingerprint density at radius 2 is 1.59 bits per heavy atom. The summed E-state index contributed by atoms with van der Waals surface area (Å²) < 4.78 is 14.3. The number of piperidine rings is 1. The van der Waals surface area contributed by atoms with Crippen molar-refractivity contribution in [2.24, 2.45) is 17.8 Å². The Bertz CT molecular complexity index is 992. The molecular formula is C30H43FN4O2. The molecule has 6 aliphatic rings. The summed E-state index contributed by atoms with van der Waals surface area (Å²) >= 11 is 0. The molecule has 1 aromatic rings. The third-order valence-electron chi connectivity index (χ3n) is 9.90. The number of halogens is 1. The topological polar surface area (TPSA) is 73.5 Å². The number of unbranched alkanes of at least 4 members (excludes halogenated alkanes) is 4. The number of hydrogen-bond donors (Lipinski definition) is 3. The molecule has 0 aromatic heterocycles. The summed E-state index contributed by atoms with van der Waals surface area (Å²) in [5, 5.41) is 9.93. The van der Waals surface area contributed by atoms with E-state index in [9.17, 15) is 14.0 Å². The van der Waals surface area contributed by atoms with Crippen LogP contribution >= 0.6 is 0 Å². The lowest BCUT2D eigenvalue weighted by atomic mass is 9.53. The SMILES string of the molecule is O=C1CCC(N2Cc3cc(F)cc(NCCCCCCCNC45CC6CC(CC(C6)C4)C5)c3C2)C(=O)N1. The van der Waals surface area contributed by atoms with Crippen molar-refractivity contribution in [3.8, 4) is 0 Å². The molecule has 7 rings (SSSR count). The Hall–Kier alpha value is -1.99. The van der Waals surface area contributed by atoms with Crippen molar-refractivity contribution in [2.45, 2.75) is 108 Å². The van der Waals surface area contributed by atoms with E-state index in [-0.39, 0.29) is 23.7 Å². The van der Waals surface area contributed by atoms with E-state index < -0.39 is 0 Å². The standard InChI is InChI=1S/C30H43FN4O2/c31-24-13-23-18-35(27-6-7-28(36)34-29(27)37)19-25(23)26(14-24)32-8-4-2-1-3-5-9-33-30-15-20-10-21(16-30)12-22(11-20)17-30/h13-14,20-22,27,32-33H,1-12,15-19H2,(H,34,36,37). The molecule has 1 atom stereocenters. The Morgan fingerprint density at radius 3 is 2.30 bits per heavy atom. The summed E-state index contributed by atoms with van der Waals surface area (Å²) in [6.45, 7) is 3.16. The van der Waals surface area contributed by atoms with Gasteiger partial charge in [-0.2, -0.15) is 0 Å². The van der Waals surface area contributed by atoms with Crippen LogP contribution in [0.5, 0.6) is 0 Å². The van der Waals surface area contributed by atoms with Crippen molar-refractivity contribution >= 4 is 17.5 Å². The summed E-state index contributed by atoms with van der Waals surface area (Å²) in [5.74, 6) is 2.35. The quantitative estimate of drug-likeness (QED) is 0.293. The summed E-state index contributed by atoms with van der Waals surface area (Å²) in [4.78, 5) is 25.9. The second-order valence-corrected chi connectivity index (χ2v) is 12.8. The van der Waals surface area contributed by atoms with Gasteiger partial charge in [0.25, 0.3) is 0 Å². The number of carbonyl (C=O) groups excluding carboxylic acids is 2. The molecule has 3 N–H and O–H groups in total. The van der Waals surface area contributed by atoms with Crippen molar-refractivity contribution in [3.05, 3.63) is 29.1 Å². The van der Waals surface area contributed by atoms with Crippen molar-refractivity contribution in [3.63, 3.8) is 0 Å². The van der Waals surface area contributed by atoms with E-state index in [4.69, 9.17) is 0 Å². The summed E-state index contributed by atoms with van der Waals surface area (Å²) in [6, 6.07) is 2.85. The first kappa shape index (κ1) is 25.3. The molecule has 1 saturated heterocycles. The zero-order valence-electron chi connectivity index (χ0n) is 22.1. The van der Waals surface area contributed by atoms with E-state index in [1.807, 2.05) is 0 Å². The third kappa shape index (κ3) is 5.58. The highest BCUT2D eigenvalue weighted by molar-refractivity contribution is 6.00. The summed E-state index contributed by atoms with van der Waals surface area (Å²) in [6.07, 6.45) is 15.7. The van der Waals surface area contributed by atoms with Crippen LogP contribution in [0.15, 0.2) is 12.1 Å². The normalized spacial score (nSPS) is 32.6.